The van der Waals surface area contributed by atoms with Crippen LogP contribution in [0.4, 0.5) is 10.2 Å². The van der Waals surface area contributed by atoms with E-state index in [2.05, 4.69) is 21.9 Å². The maximum Gasteiger partial charge on any atom is 0.351 e. The first-order valence-electron chi connectivity index (χ1n) is 18.1. The van der Waals surface area contributed by atoms with Crippen molar-refractivity contribution >= 4 is 20.3 Å². The average Bonchev–Trinajstić information content (AvgIpc) is 3.63. The van der Waals surface area contributed by atoms with Gasteiger partial charge in [-0.3, -0.25) is 9.36 Å². The molecule has 4 aromatic rings. The molecule has 3 aromatic carbocycles. The van der Waals surface area contributed by atoms with Crippen molar-refractivity contribution in [2.75, 3.05) is 33.2 Å². The summed E-state index contributed by atoms with van der Waals surface area (Å²) in [5.74, 6) is 1.01. The minimum Gasteiger partial charge on any atom is -0.497 e. The van der Waals surface area contributed by atoms with Crippen LogP contribution in [0.2, 0.25) is 0 Å². The lowest BCUT2D eigenvalue weighted by atomic mass is 9.80. The number of hydrogen-bond acceptors (Lipinski definition) is 10. The predicted molar refractivity (Wildman–Crippen MR) is 201 cm³/mol. The molecule has 2 saturated heterocycles. The Balaban J connectivity index is 1.28. The first-order chi connectivity index (χ1) is 26.1. The molecule has 0 spiro atoms. The van der Waals surface area contributed by atoms with Crippen molar-refractivity contribution in [2.24, 2.45) is 0 Å². The first-order valence-corrected chi connectivity index (χ1v) is 19.2. The summed E-state index contributed by atoms with van der Waals surface area (Å²) < 4.78 is 58.0. The maximum atomic E-state index is 17.0. The van der Waals surface area contributed by atoms with Crippen molar-refractivity contribution < 1.29 is 37.2 Å². The van der Waals surface area contributed by atoms with E-state index in [1.54, 1.807) is 14.2 Å². The lowest BCUT2D eigenvalue weighted by molar-refractivity contribution is -0.114. The minimum atomic E-state index is -1.81. The van der Waals surface area contributed by atoms with E-state index in [4.69, 9.17) is 28.0 Å². The second-order valence-corrected chi connectivity index (χ2v) is 15.6. The zero-order chi connectivity index (χ0) is 38.0. The number of fused-ring (bicyclic) bond motifs is 1. The molecule has 286 valence electrons. The van der Waals surface area contributed by atoms with Gasteiger partial charge >= 0.3 is 5.69 Å². The summed E-state index contributed by atoms with van der Waals surface area (Å²) in [6.07, 6.45) is -0.0758. The summed E-state index contributed by atoms with van der Waals surface area (Å²) in [6, 6.07) is 26.5. The normalized spacial score (nSPS) is 27.0. The summed E-state index contributed by atoms with van der Waals surface area (Å²) in [5, 5.41) is 2.49. The molecule has 0 bridgehead atoms. The molecule has 1 aromatic heterocycles. The molecule has 3 heterocycles. The Morgan fingerprint density at radius 3 is 2.19 bits per heavy atom. The van der Waals surface area contributed by atoms with Gasteiger partial charge in [-0.2, -0.15) is 4.98 Å². The molecular weight excluding hydrogens is 714 g/mol. The van der Waals surface area contributed by atoms with Crippen molar-refractivity contribution in [1.29, 1.82) is 0 Å². The van der Waals surface area contributed by atoms with Crippen LogP contribution in [-0.4, -0.2) is 78.0 Å². The molecule has 1 aliphatic carbocycles. The van der Waals surface area contributed by atoms with Gasteiger partial charge in [0.05, 0.1) is 26.4 Å². The third-order valence-corrected chi connectivity index (χ3v) is 12.4. The van der Waals surface area contributed by atoms with E-state index < -0.39 is 55.9 Å². The zero-order valence-corrected chi connectivity index (χ0v) is 31.9. The topological polar surface area (TPSA) is 123 Å². The van der Waals surface area contributed by atoms with Gasteiger partial charge in [0, 0.05) is 19.2 Å². The number of amides is 1. The van der Waals surface area contributed by atoms with Crippen molar-refractivity contribution in [3.05, 3.63) is 118 Å². The molecule has 7 rings (SSSR count). The Morgan fingerprint density at radius 1 is 0.981 bits per heavy atom. The third-order valence-electron chi connectivity index (χ3n) is 10.6. The van der Waals surface area contributed by atoms with Crippen LogP contribution < -0.4 is 20.5 Å². The van der Waals surface area contributed by atoms with Gasteiger partial charge in [0.1, 0.15) is 35.1 Å². The van der Waals surface area contributed by atoms with Crippen LogP contribution in [0.15, 0.2) is 95.9 Å². The first kappa shape index (κ1) is 38.1. The van der Waals surface area contributed by atoms with Gasteiger partial charge in [-0.05, 0) is 73.8 Å². The van der Waals surface area contributed by atoms with Crippen molar-refractivity contribution in [3.63, 3.8) is 0 Å². The fraction of sp³-hybridized carbons (Fsp3) is 0.425. The predicted octanol–water partition coefficient (Wildman–Crippen LogP) is 6.74. The Bertz CT molecular complexity index is 1920. The van der Waals surface area contributed by atoms with Gasteiger partial charge in [0.2, 0.25) is 5.91 Å². The maximum absolute atomic E-state index is 17.0. The highest BCUT2D eigenvalue weighted by Gasteiger charge is 2.56. The molecule has 0 radical (unpaired) electrons. The van der Waals surface area contributed by atoms with Crippen LogP contribution >= 0.6 is 8.53 Å². The van der Waals surface area contributed by atoms with Crippen molar-refractivity contribution in [1.82, 2.24) is 14.2 Å². The number of benzene rings is 3. The molecule has 54 heavy (non-hydrogen) atoms. The van der Waals surface area contributed by atoms with Gasteiger partial charge in [0.25, 0.3) is 8.53 Å². The van der Waals surface area contributed by atoms with Gasteiger partial charge in [-0.25, -0.2) is 13.9 Å². The summed E-state index contributed by atoms with van der Waals surface area (Å²) in [4.78, 5) is 28.9. The smallest absolute Gasteiger partial charge is 0.351 e. The number of hydrogen-bond donors (Lipinski definition) is 1. The Morgan fingerprint density at radius 2 is 1.61 bits per heavy atom. The SMILES string of the molecule is COc1ccc(C(OC[C@H]2O[C@@H](n3ccc(NC(C)=O)nc3=O)[C@H](F)[C@@H]2OP2O[C@@]3(C)CCCC[C@@H]3N2C)(c2ccccc2)c2ccc(OC)cc2)cc1. The van der Waals surface area contributed by atoms with Gasteiger partial charge in [-0.1, -0.05) is 67.4 Å². The Hall–Kier alpha value is -4.23. The van der Waals surface area contributed by atoms with Crippen molar-refractivity contribution in [2.45, 2.75) is 81.4 Å². The molecular formula is C40H46FN4O8P. The summed E-state index contributed by atoms with van der Waals surface area (Å²) in [6.45, 7) is 3.26. The molecule has 1 amide bonds. The molecule has 1 unspecified atom stereocenters. The number of ether oxygens (including phenoxy) is 4. The Kier molecular flexibility index (Phi) is 11.2. The van der Waals surface area contributed by atoms with Crippen molar-refractivity contribution in [3.8, 4) is 11.5 Å². The lowest BCUT2D eigenvalue weighted by Gasteiger charge is -2.37. The van der Waals surface area contributed by atoms with E-state index in [1.165, 1.54) is 19.2 Å². The van der Waals surface area contributed by atoms with E-state index in [1.807, 2.05) is 85.9 Å². The number of halogens is 1. The molecule has 7 atom stereocenters. The van der Waals surface area contributed by atoms with E-state index in [0.29, 0.717) is 11.5 Å². The third kappa shape index (κ3) is 7.28. The van der Waals surface area contributed by atoms with Crippen LogP contribution in [0.5, 0.6) is 11.5 Å². The monoisotopic (exact) mass is 760 g/mol. The van der Waals surface area contributed by atoms with Gasteiger partial charge < -0.3 is 33.3 Å². The average molecular weight is 761 g/mol. The Labute approximate surface area is 315 Å². The molecule has 3 aliphatic rings. The van der Waals surface area contributed by atoms with Crippen LogP contribution in [-0.2, 0) is 28.9 Å². The number of carbonyl (C=O) groups excluding carboxylic acids is 1. The van der Waals surface area contributed by atoms with E-state index >= 15 is 4.39 Å². The van der Waals surface area contributed by atoms with Crippen LogP contribution in [0.1, 0.15) is 62.4 Å². The molecule has 2 aliphatic heterocycles. The highest BCUT2D eigenvalue weighted by Crippen LogP contribution is 2.61. The summed E-state index contributed by atoms with van der Waals surface area (Å²) in [5.41, 5.74) is -0.0256. The number of carbonyl (C=O) groups is 1. The molecule has 1 N–H and O–H groups in total. The number of aromatic nitrogens is 2. The van der Waals surface area contributed by atoms with Crippen LogP contribution in [0.3, 0.4) is 0 Å². The standard InChI is InChI=1S/C40H46FN4O8P/c1-26(46)42-34-22-24-45(38(47)43-34)37-35(41)36(52-54-44(3)33-13-9-10-23-39(33,2)53-54)32(51-37)25-50-40(27-11-7-6-8-12-27,28-14-18-30(48-4)19-15-28)29-16-20-31(49-5)21-17-29/h6-8,11-12,14-22,24,32-33,35-37H,9-10,13,23,25H2,1-5H3,(H,42,43,46,47)/t32-,33+,35-,36-,37-,39+,54?/m1/s1. The number of anilines is 1. The van der Waals surface area contributed by atoms with E-state index in [-0.39, 0.29) is 18.5 Å². The highest BCUT2D eigenvalue weighted by atomic mass is 31.2. The molecule has 14 heteroatoms. The van der Waals surface area contributed by atoms with Crippen LogP contribution in [0.25, 0.3) is 0 Å². The van der Waals surface area contributed by atoms with Crippen LogP contribution in [0, 0.1) is 0 Å². The van der Waals surface area contributed by atoms with E-state index in [9.17, 15) is 9.59 Å². The number of likely N-dealkylation sites (N-methyl/N-ethyl adjacent to an activating group) is 1. The quantitative estimate of drug-likeness (QED) is 0.123. The molecule has 3 fully saturated rings. The summed E-state index contributed by atoms with van der Waals surface area (Å²) in [7, 11) is 3.49. The number of methoxy groups -OCH3 is 2. The second-order valence-electron chi connectivity index (χ2n) is 14.1. The fourth-order valence-electron chi connectivity index (χ4n) is 7.85. The largest absolute Gasteiger partial charge is 0.497 e. The zero-order valence-electron chi connectivity index (χ0n) is 31.0. The molecule has 12 nitrogen and oxygen atoms in total. The fourth-order valence-corrected chi connectivity index (χ4v) is 9.78. The second kappa shape index (κ2) is 15.9. The number of nitrogens with one attached hydrogen (secondary N) is 1. The summed E-state index contributed by atoms with van der Waals surface area (Å²) >= 11 is 0. The number of alkyl halides is 1. The molecule has 1 saturated carbocycles. The van der Waals surface area contributed by atoms with Gasteiger partial charge in [-0.15, -0.1) is 0 Å². The lowest BCUT2D eigenvalue weighted by Crippen LogP contribution is -2.43. The van der Waals surface area contributed by atoms with E-state index in [0.717, 1.165) is 46.9 Å². The minimum absolute atomic E-state index is 0.0525. The highest BCUT2D eigenvalue weighted by molar-refractivity contribution is 7.45. The van der Waals surface area contributed by atoms with Gasteiger partial charge in [0.15, 0.2) is 12.4 Å². The number of nitrogens with zero attached hydrogens (tertiary/aromatic N) is 3. The number of rotatable bonds is 12.